The fourth-order valence-corrected chi connectivity index (χ4v) is 4.18. The molecular formula is C21H22N4OS2. The van der Waals surface area contributed by atoms with E-state index in [2.05, 4.69) is 9.97 Å². The molecule has 3 rings (SSSR count). The van der Waals surface area contributed by atoms with Gasteiger partial charge >= 0.3 is 0 Å². The summed E-state index contributed by atoms with van der Waals surface area (Å²) in [6, 6.07) is 13.9. The van der Waals surface area contributed by atoms with Crippen LogP contribution in [0.2, 0.25) is 0 Å². The molecule has 5 nitrogen and oxygen atoms in total. The summed E-state index contributed by atoms with van der Waals surface area (Å²) in [6.07, 6.45) is 5.55. The predicted molar refractivity (Wildman–Crippen MR) is 119 cm³/mol. The maximum atomic E-state index is 12.7. The van der Waals surface area contributed by atoms with Crippen LogP contribution in [0.25, 0.3) is 16.6 Å². The summed E-state index contributed by atoms with van der Waals surface area (Å²) < 4.78 is 1.91. The largest absolute Gasteiger partial charge is 0.304 e. The monoisotopic (exact) mass is 410 g/mol. The average molecular weight is 411 g/mol. The first-order valence-corrected chi connectivity index (χ1v) is 10.4. The number of carbonyl (C=O) groups is 1. The number of anilines is 1. The Morgan fingerprint density at radius 2 is 1.96 bits per heavy atom. The van der Waals surface area contributed by atoms with E-state index in [0.29, 0.717) is 6.54 Å². The Hall–Kier alpha value is -2.48. The van der Waals surface area contributed by atoms with E-state index in [9.17, 15) is 4.79 Å². The van der Waals surface area contributed by atoms with E-state index >= 15 is 0 Å². The molecule has 0 aliphatic rings. The van der Waals surface area contributed by atoms with Crippen LogP contribution in [0.1, 0.15) is 11.3 Å². The summed E-state index contributed by atoms with van der Waals surface area (Å²) in [4.78, 5) is 23.1. The maximum Gasteiger partial charge on any atom is 0.242 e. The van der Waals surface area contributed by atoms with E-state index in [0.717, 1.165) is 26.8 Å². The van der Waals surface area contributed by atoms with Crippen LogP contribution >= 0.6 is 23.3 Å². The number of amides is 1. The molecule has 2 aromatic heterocycles. The van der Waals surface area contributed by atoms with Gasteiger partial charge in [-0.25, -0.2) is 9.29 Å². The van der Waals surface area contributed by atoms with Gasteiger partial charge < -0.3 is 4.90 Å². The molecule has 2 heterocycles. The highest BCUT2D eigenvalue weighted by Gasteiger charge is 2.19. The van der Waals surface area contributed by atoms with E-state index in [1.165, 1.54) is 23.3 Å². The number of benzene rings is 1. The van der Waals surface area contributed by atoms with Crippen LogP contribution < -0.4 is 4.90 Å². The van der Waals surface area contributed by atoms with Gasteiger partial charge in [-0.2, -0.15) is 0 Å². The van der Waals surface area contributed by atoms with Crippen LogP contribution in [0.15, 0.2) is 60.3 Å². The minimum absolute atomic E-state index is 0.0209. The van der Waals surface area contributed by atoms with Gasteiger partial charge in [-0.3, -0.25) is 9.78 Å². The van der Waals surface area contributed by atoms with Crippen LogP contribution in [-0.2, 0) is 4.79 Å². The Kier molecular flexibility index (Phi) is 6.97. The number of aromatic nitrogens is 2. The van der Waals surface area contributed by atoms with Crippen molar-refractivity contribution in [3.8, 4) is 10.6 Å². The van der Waals surface area contributed by atoms with E-state index in [1.807, 2.05) is 72.2 Å². The van der Waals surface area contributed by atoms with E-state index in [4.69, 9.17) is 0 Å². The average Bonchev–Trinajstić information content (AvgIpc) is 3.10. The lowest BCUT2D eigenvalue weighted by molar-refractivity contribution is -0.118. The molecule has 0 saturated carbocycles. The summed E-state index contributed by atoms with van der Waals surface area (Å²) in [6.45, 7) is 2.23. The number of hydrogen-bond acceptors (Lipinski definition) is 6. The van der Waals surface area contributed by atoms with Crippen molar-refractivity contribution in [3.63, 3.8) is 0 Å². The smallest absolute Gasteiger partial charge is 0.242 e. The van der Waals surface area contributed by atoms with Crippen molar-refractivity contribution in [2.75, 3.05) is 25.5 Å². The number of aryl methyl sites for hydroxylation is 1. The maximum absolute atomic E-state index is 12.7. The van der Waals surface area contributed by atoms with Gasteiger partial charge in [0, 0.05) is 25.0 Å². The molecule has 0 N–H and O–H groups in total. The number of nitrogens with zero attached hydrogens (tertiary/aromatic N) is 4. The highest BCUT2D eigenvalue weighted by atomic mass is 32.2. The molecule has 0 spiro atoms. The van der Waals surface area contributed by atoms with Gasteiger partial charge in [0.15, 0.2) is 0 Å². The molecule has 1 amide bonds. The zero-order valence-corrected chi connectivity index (χ0v) is 17.7. The van der Waals surface area contributed by atoms with Crippen LogP contribution in [0, 0.1) is 6.92 Å². The van der Waals surface area contributed by atoms with Gasteiger partial charge in [0.1, 0.15) is 10.0 Å². The van der Waals surface area contributed by atoms with Gasteiger partial charge in [0.25, 0.3) is 0 Å². The normalized spacial score (nSPS) is 11.3. The molecule has 0 unspecified atom stereocenters. The zero-order valence-electron chi connectivity index (χ0n) is 16.1. The van der Waals surface area contributed by atoms with E-state index in [-0.39, 0.29) is 5.91 Å². The number of hydrogen-bond donors (Lipinski definition) is 0. The number of likely N-dealkylation sites (N-methyl/N-ethyl adjacent to an activating group) is 2. The molecule has 0 fully saturated rings. The SMILES string of the molecule is Cc1nc(-c2cccnc2)sc1N(C)C(=O)CN(C)S/C=C/c1ccccc1. The van der Waals surface area contributed by atoms with Gasteiger partial charge in [0.05, 0.1) is 12.2 Å². The standard InChI is InChI=1S/C21H22N4OS2/c1-16-21(28-20(23-16)18-10-7-12-22-14-18)25(3)19(26)15-24(2)27-13-11-17-8-5-4-6-9-17/h4-14H,15H2,1-3H3/b13-11+. The van der Waals surface area contributed by atoms with Crippen LogP contribution in [0.4, 0.5) is 5.00 Å². The third-order valence-corrected chi connectivity index (χ3v) is 6.05. The second kappa shape index (κ2) is 9.64. The summed E-state index contributed by atoms with van der Waals surface area (Å²) in [5.41, 5.74) is 2.94. The molecule has 0 saturated heterocycles. The Balaban J connectivity index is 1.60. The topological polar surface area (TPSA) is 49.3 Å². The summed E-state index contributed by atoms with van der Waals surface area (Å²) >= 11 is 3.01. The molecule has 3 aromatic rings. The van der Waals surface area contributed by atoms with E-state index < -0.39 is 0 Å². The predicted octanol–water partition coefficient (Wildman–Crippen LogP) is 4.73. The fraction of sp³-hybridized carbons (Fsp3) is 0.190. The second-order valence-electron chi connectivity index (χ2n) is 6.21. The zero-order chi connectivity index (χ0) is 19.9. The lowest BCUT2D eigenvalue weighted by Crippen LogP contribution is -2.33. The number of rotatable bonds is 7. The Labute approximate surface area is 173 Å². The highest BCUT2D eigenvalue weighted by molar-refractivity contribution is 8.00. The van der Waals surface area contributed by atoms with Crippen LogP contribution in [-0.4, -0.2) is 40.8 Å². The van der Waals surface area contributed by atoms with Crippen molar-refractivity contribution in [1.29, 1.82) is 0 Å². The lowest BCUT2D eigenvalue weighted by atomic mass is 10.2. The molecule has 0 aliphatic carbocycles. The Bertz CT molecular complexity index is 942. The fourth-order valence-electron chi connectivity index (χ4n) is 2.54. The minimum atomic E-state index is 0.0209. The van der Waals surface area contributed by atoms with Crippen LogP contribution in [0.3, 0.4) is 0 Å². The van der Waals surface area contributed by atoms with Gasteiger partial charge in [0.2, 0.25) is 5.91 Å². The summed E-state index contributed by atoms with van der Waals surface area (Å²) in [5.74, 6) is 0.0209. The first-order chi connectivity index (χ1) is 13.5. The third kappa shape index (κ3) is 5.28. The Morgan fingerprint density at radius 3 is 2.68 bits per heavy atom. The molecular weight excluding hydrogens is 388 g/mol. The second-order valence-corrected chi connectivity index (χ2v) is 8.29. The minimum Gasteiger partial charge on any atom is -0.304 e. The summed E-state index contributed by atoms with van der Waals surface area (Å²) in [5, 5.41) is 3.72. The van der Waals surface area contributed by atoms with Crippen molar-refractivity contribution in [2.24, 2.45) is 0 Å². The molecule has 0 bridgehead atoms. The molecule has 144 valence electrons. The summed E-state index contributed by atoms with van der Waals surface area (Å²) in [7, 11) is 3.71. The van der Waals surface area contributed by atoms with Gasteiger partial charge in [-0.05, 0) is 43.2 Å². The van der Waals surface area contributed by atoms with Crippen LogP contribution in [0.5, 0.6) is 0 Å². The van der Waals surface area contributed by atoms with Crippen molar-refractivity contribution >= 4 is 40.3 Å². The number of carbonyl (C=O) groups excluding carboxylic acids is 1. The van der Waals surface area contributed by atoms with Crippen molar-refractivity contribution in [2.45, 2.75) is 6.92 Å². The molecule has 0 atom stereocenters. The highest BCUT2D eigenvalue weighted by Crippen LogP contribution is 2.33. The van der Waals surface area contributed by atoms with Gasteiger partial charge in [-0.15, -0.1) is 0 Å². The number of pyridine rings is 1. The van der Waals surface area contributed by atoms with Crippen molar-refractivity contribution in [3.05, 3.63) is 71.5 Å². The van der Waals surface area contributed by atoms with Crippen molar-refractivity contribution < 1.29 is 4.79 Å². The lowest BCUT2D eigenvalue weighted by Gasteiger charge is -2.19. The number of thiazole rings is 1. The molecule has 1 aromatic carbocycles. The molecule has 0 radical (unpaired) electrons. The van der Waals surface area contributed by atoms with E-state index in [1.54, 1.807) is 24.3 Å². The Morgan fingerprint density at radius 1 is 1.18 bits per heavy atom. The molecule has 28 heavy (non-hydrogen) atoms. The first-order valence-electron chi connectivity index (χ1n) is 8.78. The van der Waals surface area contributed by atoms with Crippen molar-refractivity contribution in [1.82, 2.24) is 14.3 Å². The quantitative estimate of drug-likeness (QED) is 0.527. The first kappa shape index (κ1) is 20.3. The molecule has 7 heteroatoms. The third-order valence-electron chi connectivity index (χ3n) is 4.02. The molecule has 0 aliphatic heterocycles. The van der Waals surface area contributed by atoms with Gasteiger partial charge in [-0.1, -0.05) is 53.6 Å².